The van der Waals surface area contributed by atoms with Crippen LogP contribution in [0.2, 0.25) is 0 Å². The molecule has 6 atom stereocenters. The van der Waals surface area contributed by atoms with Crippen LogP contribution < -0.4 is 11.4 Å². The predicted molar refractivity (Wildman–Crippen MR) is 91.9 cm³/mol. The molecule has 1 fully saturated rings. The molecule has 6 N–H and O–H groups in total. The van der Waals surface area contributed by atoms with Crippen LogP contribution in [-0.2, 0) is 9.53 Å². The number of quaternary nitrogens is 1. The van der Waals surface area contributed by atoms with Crippen molar-refractivity contribution in [2.75, 3.05) is 33.4 Å². The van der Waals surface area contributed by atoms with Crippen LogP contribution in [0.25, 0.3) is 0 Å². The number of aliphatic hydroxyl groups excluding tert-OH is 3. The molecule has 2 heterocycles. The number of ether oxygens (including phenoxy) is 1. The number of nitrogens with two attached hydrogens (primary N) is 1. The fraction of sp³-hybridized carbons (Fsp3) is 0.643. The van der Waals surface area contributed by atoms with E-state index in [1.165, 1.54) is 12.3 Å². The summed E-state index contributed by atoms with van der Waals surface area (Å²) in [5.41, 5.74) is 4.00. The van der Waals surface area contributed by atoms with E-state index in [-0.39, 0.29) is 16.8 Å². The van der Waals surface area contributed by atoms with Gasteiger partial charge in [-0.25, -0.2) is 4.79 Å². The number of likely N-dealkylation sites (N-methyl/N-ethyl adjacent to an activating group) is 1. The molecule has 0 amide bonds. The summed E-state index contributed by atoms with van der Waals surface area (Å²) in [6, 6.07) is 1.30. The molecule has 0 radical (unpaired) electrons. The zero-order valence-corrected chi connectivity index (χ0v) is 15.5. The molecule has 1 aliphatic rings. The molecular formula is C14H24N4O7P+. The average molecular weight is 391 g/mol. The lowest BCUT2D eigenvalue weighted by Gasteiger charge is -2.27. The maximum absolute atomic E-state index is 12.1. The van der Waals surface area contributed by atoms with Gasteiger partial charge in [-0.1, -0.05) is 0 Å². The van der Waals surface area contributed by atoms with E-state index in [2.05, 4.69) is 4.98 Å². The Morgan fingerprint density at radius 1 is 1.42 bits per heavy atom. The molecule has 12 heteroatoms. The Bertz CT molecular complexity index is 722. The van der Waals surface area contributed by atoms with Crippen molar-refractivity contribution >= 4 is 19.5 Å². The van der Waals surface area contributed by atoms with Gasteiger partial charge >= 0.3 is 5.69 Å². The van der Waals surface area contributed by atoms with Crippen LogP contribution in [0.4, 0.5) is 5.82 Å². The van der Waals surface area contributed by atoms with E-state index in [4.69, 9.17) is 10.5 Å². The Morgan fingerprint density at radius 2 is 2.04 bits per heavy atom. The second-order valence-electron chi connectivity index (χ2n) is 7.12. The number of rotatable bonds is 6. The molecule has 0 bridgehead atoms. The van der Waals surface area contributed by atoms with Crippen molar-refractivity contribution in [2.45, 2.75) is 30.4 Å². The van der Waals surface area contributed by atoms with E-state index < -0.39 is 49.7 Å². The molecule has 11 nitrogen and oxygen atoms in total. The van der Waals surface area contributed by atoms with Crippen LogP contribution in [0.1, 0.15) is 6.23 Å². The molecular weight excluding hydrogens is 367 g/mol. The highest BCUT2D eigenvalue weighted by Crippen LogP contribution is 2.43. The third-order valence-electron chi connectivity index (χ3n) is 3.81. The first-order valence-electron chi connectivity index (χ1n) is 7.78. The van der Waals surface area contributed by atoms with E-state index in [0.29, 0.717) is 0 Å². The van der Waals surface area contributed by atoms with Gasteiger partial charge in [0, 0.05) is 6.20 Å². The second kappa shape index (κ2) is 7.65. The predicted octanol–water partition coefficient (Wildman–Crippen LogP) is -2.61. The number of carbonyl (C=O) groups is 1. The minimum absolute atomic E-state index is 0.0272. The first-order chi connectivity index (χ1) is 11.9. The van der Waals surface area contributed by atoms with E-state index in [0.717, 1.165) is 4.57 Å². The summed E-state index contributed by atoms with van der Waals surface area (Å²) in [7, 11) is 2.69. The van der Waals surface area contributed by atoms with Crippen molar-refractivity contribution in [3.8, 4) is 0 Å². The lowest BCUT2D eigenvalue weighted by molar-refractivity contribution is -0.861. The van der Waals surface area contributed by atoms with Crippen molar-refractivity contribution in [2.24, 2.45) is 0 Å². The van der Waals surface area contributed by atoms with Gasteiger partial charge in [0.2, 0.25) is 5.52 Å². The third-order valence-corrected chi connectivity index (χ3v) is 5.26. The lowest BCUT2D eigenvalue weighted by atomic mass is 10.1. The highest BCUT2D eigenvalue weighted by atomic mass is 31.1. The van der Waals surface area contributed by atoms with Gasteiger partial charge < -0.3 is 35.2 Å². The minimum atomic E-state index is -2.54. The summed E-state index contributed by atoms with van der Waals surface area (Å²) in [5.74, 6) is -1.75. The summed E-state index contributed by atoms with van der Waals surface area (Å²) in [5, 5.41) is 30.6. The summed E-state index contributed by atoms with van der Waals surface area (Å²) in [6.45, 7) is -0.0323. The topological polar surface area (TPSA) is 168 Å². The number of nitrogen functional groups attached to an aromatic ring is 1. The van der Waals surface area contributed by atoms with Crippen LogP contribution in [0.5, 0.6) is 0 Å². The summed E-state index contributed by atoms with van der Waals surface area (Å²) in [4.78, 5) is 37.6. The molecule has 0 saturated carbocycles. The molecule has 0 spiro atoms. The van der Waals surface area contributed by atoms with Crippen LogP contribution in [0.3, 0.4) is 0 Å². The van der Waals surface area contributed by atoms with Crippen LogP contribution in [0, 0.1) is 0 Å². The van der Waals surface area contributed by atoms with Crippen molar-refractivity contribution in [1.29, 1.82) is 0 Å². The van der Waals surface area contributed by atoms with Crippen LogP contribution in [0.15, 0.2) is 17.1 Å². The third kappa shape index (κ3) is 4.44. The standard InChI is InChI=1S/C14H23N4O7P/c1-18(2,3)6-8(19)26(24)13(22)11-9(20)10(21)12(25-11)17-5-4-7(15)16-14(17)23/h4-5,9-13,20-22,24H,6H2,1-3H3,(H-,15,16,23)/p+1/t9-,10+,11-,12+,13?,26?/m0/s1. The number of nitrogens with zero attached hydrogens (tertiary/aromatic N) is 3. The van der Waals surface area contributed by atoms with E-state index in [1.54, 1.807) is 21.1 Å². The largest absolute Gasteiger partial charge is 0.387 e. The van der Waals surface area contributed by atoms with Crippen LogP contribution >= 0.6 is 8.15 Å². The number of hydrogen-bond acceptors (Lipinski definition) is 9. The maximum atomic E-state index is 12.1. The fourth-order valence-electron chi connectivity index (χ4n) is 2.55. The molecule has 26 heavy (non-hydrogen) atoms. The number of aliphatic hydroxyl groups is 3. The Balaban J connectivity index is 2.18. The molecule has 1 aromatic heterocycles. The minimum Gasteiger partial charge on any atom is -0.387 e. The molecule has 2 rings (SSSR count). The quantitative estimate of drug-likeness (QED) is 0.258. The number of hydrogen-bond donors (Lipinski definition) is 5. The molecule has 146 valence electrons. The van der Waals surface area contributed by atoms with Gasteiger partial charge in [0.15, 0.2) is 6.23 Å². The Hall–Kier alpha value is -1.46. The summed E-state index contributed by atoms with van der Waals surface area (Å²) >= 11 is 0. The van der Waals surface area contributed by atoms with Gasteiger partial charge in [0.05, 0.1) is 21.1 Å². The van der Waals surface area contributed by atoms with Gasteiger partial charge in [0.25, 0.3) is 0 Å². The van der Waals surface area contributed by atoms with Gasteiger partial charge in [0.1, 0.15) is 44.7 Å². The number of aromatic nitrogens is 2. The second-order valence-corrected chi connectivity index (χ2v) is 8.83. The zero-order chi connectivity index (χ0) is 19.8. The highest BCUT2D eigenvalue weighted by molar-refractivity contribution is 7.70. The average Bonchev–Trinajstić information content (AvgIpc) is 2.80. The number of carbonyl (C=O) groups excluding carboxylic acids is 1. The molecule has 1 aromatic rings. The van der Waals surface area contributed by atoms with Crippen molar-refractivity contribution in [1.82, 2.24) is 9.55 Å². The fourth-order valence-corrected chi connectivity index (χ4v) is 3.94. The maximum Gasteiger partial charge on any atom is 0.351 e. The number of anilines is 1. The van der Waals surface area contributed by atoms with Gasteiger partial charge in [-0.2, -0.15) is 4.98 Å². The van der Waals surface area contributed by atoms with E-state index in [9.17, 15) is 29.8 Å². The summed E-state index contributed by atoms with van der Waals surface area (Å²) < 4.78 is 6.54. The normalized spacial score (nSPS) is 28.7. The Labute approximate surface area is 150 Å². The summed E-state index contributed by atoms with van der Waals surface area (Å²) in [6.07, 6.45) is -4.76. The monoisotopic (exact) mass is 391 g/mol. The van der Waals surface area contributed by atoms with E-state index >= 15 is 0 Å². The molecule has 1 saturated heterocycles. The Kier molecular flexibility index (Phi) is 6.13. The van der Waals surface area contributed by atoms with Crippen molar-refractivity contribution in [3.05, 3.63) is 22.7 Å². The Morgan fingerprint density at radius 3 is 2.58 bits per heavy atom. The first-order valence-corrected chi connectivity index (χ1v) is 9.14. The molecule has 0 aromatic carbocycles. The smallest absolute Gasteiger partial charge is 0.351 e. The molecule has 1 aliphatic heterocycles. The van der Waals surface area contributed by atoms with Crippen molar-refractivity contribution in [3.63, 3.8) is 0 Å². The molecule has 2 unspecified atom stereocenters. The zero-order valence-electron chi connectivity index (χ0n) is 14.6. The SMILES string of the molecule is C[N+](C)(C)CC(=O)P(O)C(O)[C@H]1O[C@@H](n2ccc(N)nc2=O)[C@H](O)[C@@H]1O. The van der Waals surface area contributed by atoms with Gasteiger partial charge in [-0.05, 0) is 6.07 Å². The van der Waals surface area contributed by atoms with Gasteiger partial charge in [-0.3, -0.25) is 9.36 Å². The first kappa shape index (κ1) is 20.8. The van der Waals surface area contributed by atoms with Crippen molar-refractivity contribution < 1.29 is 34.2 Å². The van der Waals surface area contributed by atoms with E-state index in [1.807, 2.05) is 0 Å². The lowest BCUT2D eigenvalue weighted by Crippen LogP contribution is -2.42. The highest BCUT2D eigenvalue weighted by Gasteiger charge is 2.50. The molecule has 0 aliphatic carbocycles. The van der Waals surface area contributed by atoms with Gasteiger partial charge in [-0.15, -0.1) is 0 Å². The van der Waals surface area contributed by atoms with Crippen LogP contribution in [-0.4, -0.2) is 91.6 Å².